The van der Waals surface area contributed by atoms with Gasteiger partial charge in [-0.3, -0.25) is 32.5 Å². The second-order valence-electron chi connectivity index (χ2n) is 36.3. The summed E-state index contributed by atoms with van der Waals surface area (Å²) in [5.74, 6) is -1.56. The largest absolute Gasteiger partial charge is 0.472 e. The Morgan fingerprint density at radius 1 is 0.204 bits per heavy atom. The van der Waals surface area contributed by atoms with Crippen LogP contribution in [0.1, 0.15) is 457 Å². The first-order valence-electron chi connectivity index (χ1n) is 55.0. The maximum atomic E-state index is 13.2. The molecule has 0 aromatic carbocycles. The van der Waals surface area contributed by atoms with Gasteiger partial charge in [-0.25, -0.2) is 9.13 Å². The number of carbonyl (C=O) groups is 3. The predicted molar refractivity (Wildman–Crippen MR) is 583 cm³/mol. The molecule has 137 heavy (non-hydrogen) atoms. The van der Waals surface area contributed by atoms with E-state index in [9.17, 15) is 43.5 Å². The van der Waals surface area contributed by atoms with Crippen LogP contribution in [0, 0.1) is 0 Å². The van der Waals surface area contributed by atoms with Gasteiger partial charge in [0.15, 0.2) is 6.10 Å². The fraction of sp³-hybridized carbons (Fsp3) is 0.672. The predicted octanol–water partition coefficient (Wildman–Crippen LogP) is 35.6. The van der Waals surface area contributed by atoms with Gasteiger partial charge in [-0.05, 0) is 173 Å². The summed E-state index contributed by atoms with van der Waals surface area (Å²) in [5, 5.41) is 20.8. The molecule has 0 radical (unpaired) electrons. The van der Waals surface area contributed by atoms with Crippen LogP contribution in [0.25, 0.3) is 0 Å². The highest BCUT2D eigenvalue weighted by Crippen LogP contribution is 2.45. The Morgan fingerprint density at radius 3 is 0.577 bits per heavy atom. The molecular formula is C119H200O16P2. The van der Waals surface area contributed by atoms with Gasteiger partial charge in [0.05, 0.1) is 26.4 Å². The molecule has 0 aromatic heterocycles. The molecule has 0 aliphatic rings. The van der Waals surface area contributed by atoms with Crippen LogP contribution in [0.15, 0.2) is 219 Å². The first-order valence-corrected chi connectivity index (χ1v) is 58.0. The average molecular weight is 1950 g/mol. The molecule has 0 aromatic rings. The van der Waals surface area contributed by atoms with Gasteiger partial charge in [0.25, 0.3) is 0 Å². The minimum absolute atomic E-state index is 0.0987. The normalized spacial score (nSPS) is 14.4. The van der Waals surface area contributed by atoms with Crippen LogP contribution < -0.4 is 0 Å². The summed E-state index contributed by atoms with van der Waals surface area (Å²) in [7, 11) is -9.83. The number of esters is 3. The summed E-state index contributed by atoms with van der Waals surface area (Å²) in [6, 6.07) is 0. The average Bonchev–Trinajstić information content (AvgIpc) is 0.896. The highest BCUT2D eigenvalue weighted by molar-refractivity contribution is 7.47. The number of phosphoric acid groups is 2. The molecule has 0 aliphatic carbocycles. The van der Waals surface area contributed by atoms with E-state index in [1.165, 1.54) is 199 Å². The van der Waals surface area contributed by atoms with E-state index in [0.717, 1.165) is 199 Å². The van der Waals surface area contributed by atoms with Crippen molar-refractivity contribution in [3.05, 3.63) is 219 Å². The Kier molecular flexibility index (Phi) is 104. The van der Waals surface area contributed by atoms with Gasteiger partial charge in [0.2, 0.25) is 0 Å². The molecule has 0 amide bonds. The second-order valence-corrected chi connectivity index (χ2v) is 39.2. The fourth-order valence-corrected chi connectivity index (χ4v) is 16.6. The number of phosphoric ester groups is 2. The lowest BCUT2D eigenvalue weighted by molar-refractivity contribution is -0.161. The molecule has 0 fully saturated rings. The molecule has 16 nitrogen and oxygen atoms in total. The third kappa shape index (κ3) is 110. The number of carbonyl (C=O) groups excluding carboxylic acids is 3. The summed E-state index contributed by atoms with van der Waals surface area (Å²) in [6.07, 6.45) is 150. The number of hydrogen-bond donors (Lipinski definition) is 4. The molecule has 0 bridgehead atoms. The smallest absolute Gasteiger partial charge is 0.463 e. The third-order valence-electron chi connectivity index (χ3n) is 23.2. The van der Waals surface area contributed by atoms with Gasteiger partial charge in [-0.2, -0.15) is 0 Å². The quantitative estimate of drug-likeness (QED) is 0.0146. The van der Waals surface area contributed by atoms with Crippen molar-refractivity contribution in [2.75, 3.05) is 39.6 Å². The SMILES string of the molecule is CC/C=C\C/C=C\C/C=C\C/C=C\C/C=C\C/C=C\CCCCCCCCCCCCCCCCCCC(=O)OCC(O)COP(=O)(O)OCC(O)COP(=O)(O)OCC(COC(=O)CCCCCCCCCCCCCCCC/C=C\C/C=C\C/C=C\C/C=C\C/C=C\C/C=C\CC)OC(=O)CCCCCCCCCCCCCCCC/C=C\C/C=C\C/C=C\C/C=C\C/C=C\C/C=C\CC. The van der Waals surface area contributed by atoms with Crippen molar-refractivity contribution >= 4 is 33.6 Å². The second kappa shape index (κ2) is 109. The molecule has 0 spiro atoms. The van der Waals surface area contributed by atoms with Gasteiger partial charge in [-0.1, -0.05) is 483 Å². The zero-order valence-corrected chi connectivity index (χ0v) is 88.7. The lowest BCUT2D eigenvalue weighted by atomic mass is 10.0. The molecule has 0 rings (SSSR count). The maximum Gasteiger partial charge on any atom is 0.472 e. The number of allylic oxidation sites excluding steroid dienone is 36. The van der Waals surface area contributed by atoms with Crippen molar-refractivity contribution < 1.29 is 75.8 Å². The number of aliphatic hydroxyl groups excluding tert-OH is 2. The van der Waals surface area contributed by atoms with Gasteiger partial charge < -0.3 is 34.2 Å². The van der Waals surface area contributed by atoms with Gasteiger partial charge >= 0.3 is 33.6 Å². The molecule has 0 aliphatic heterocycles. The topological polar surface area (TPSA) is 231 Å². The molecule has 18 heteroatoms. The minimum Gasteiger partial charge on any atom is -0.463 e. The van der Waals surface area contributed by atoms with Gasteiger partial charge in [0, 0.05) is 19.3 Å². The third-order valence-corrected chi connectivity index (χ3v) is 25.1. The van der Waals surface area contributed by atoms with E-state index in [1.54, 1.807) is 0 Å². The monoisotopic (exact) mass is 1950 g/mol. The van der Waals surface area contributed by atoms with E-state index in [-0.39, 0.29) is 19.3 Å². The van der Waals surface area contributed by atoms with E-state index in [2.05, 4.69) is 240 Å². The summed E-state index contributed by atoms with van der Waals surface area (Å²) in [6.45, 7) is 2.41. The molecule has 4 N–H and O–H groups in total. The molecule has 782 valence electrons. The molecular weight excluding hydrogens is 1750 g/mol. The Morgan fingerprint density at radius 2 is 0.365 bits per heavy atom. The van der Waals surface area contributed by atoms with Crippen LogP contribution >= 0.6 is 15.6 Å². The zero-order valence-electron chi connectivity index (χ0n) is 86.9. The van der Waals surface area contributed by atoms with Crippen LogP contribution in [-0.2, 0) is 55.8 Å². The van der Waals surface area contributed by atoms with Crippen LogP contribution in [0.4, 0.5) is 0 Å². The number of aliphatic hydroxyl groups is 2. The Labute approximate surface area is 838 Å². The van der Waals surface area contributed by atoms with Crippen molar-refractivity contribution in [3.63, 3.8) is 0 Å². The molecule has 0 heterocycles. The van der Waals surface area contributed by atoms with Crippen LogP contribution in [-0.4, -0.2) is 95.9 Å². The number of hydrogen-bond acceptors (Lipinski definition) is 14. The van der Waals surface area contributed by atoms with Crippen molar-refractivity contribution in [2.45, 2.75) is 476 Å². The first-order chi connectivity index (χ1) is 67.2. The summed E-state index contributed by atoms with van der Waals surface area (Å²) in [5.41, 5.74) is 0. The van der Waals surface area contributed by atoms with E-state index in [1.807, 2.05) is 0 Å². The summed E-state index contributed by atoms with van der Waals surface area (Å²) < 4.78 is 61.8. The fourth-order valence-electron chi connectivity index (χ4n) is 15.0. The van der Waals surface area contributed by atoms with E-state index in [0.29, 0.717) is 19.3 Å². The van der Waals surface area contributed by atoms with Crippen molar-refractivity contribution in [2.24, 2.45) is 0 Å². The van der Waals surface area contributed by atoms with Crippen LogP contribution in [0.3, 0.4) is 0 Å². The molecule has 0 saturated heterocycles. The Balaban J connectivity index is 4.63. The Hall–Kier alpha value is -6.13. The lowest BCUT2D eigenvalue weighted by Crippen LogP contribution is -2.30. The molecule has 0 saturated carbocycles. The minimum atomic E-state index is -4.95. The van der Waals surface area contributed by atoms with E-state index < -0.39 is 91.5 Å². The number of rotatable bonds is 103. The van der Waals surface area contributed by atoms with Crippen molar-refractivity contribution in [1.29, 1.82) is 0 Å². The van der Waals surface area contributed by atoms with Gasteiger partial charge in [-0.15, -0.1) is 0 Å². The lowest BCUT2D eigenvalue weighted by Gasteiger charge is -2.21. The summed E-state index contributed by atoms with van der Waals surface area (Å²) >= 11 is 0. The highest BCUT2D eigenvalue weighted by Gasteiger charge is 2.30. The van der Waals surface area contributed by atoms with Crippen molar-refractivity contribution in [1.82, 2.24) is 0 Å². The first kappa shape index (κ1) is 131. The van der Waals surface area contributed by atoms with Crippen LogP contribution in [0.2, 0.25) is 0 Å². The summed E-state index contributed by atoms with van der Waals surface area (Å²) in [4.78, 5) is 59.4. The maximum absolute atomic E-state index is 13.2. The number of unbranched alkanes of at least 4 members (excludes halogenated alkanes) is 44. The molecule has 5 unspecified atom stereocenters. The van der Waals surface area contributed by atoms with E-state index >= 15 is 0 Å². The standard InChI is InChI=1S/C119H200O16P2/c1-4-7-10-13-16-19-22-25-28-31-34-37-40-43-46-49-52-55-56-59-61-63-66-69-72-75-78-81-84-87-90-93-96-99-102-105-117(122)129-108-114(120)109-131-136(125,126)132-110-115(121)111-133-137(127,128)134-113-116(135-119(124)107-104-101-98-95-92-89-86-83-80-77-74-71-68-65-62-58-54-51-48-45-42-39-36-33-30-27-24-21-18-15-12-9-6-3)112-130-118(123)106-103-100-97-94-91-88-85-82-79-76-73-70-67-64-60-57-53-50-47-44-41-38-35-32-29-26-23-20-17-14-11-8-5-2/h7-12,16-21,25-30,34-39,43-48,52-55,57-58,114-116,120-121H,4-6,13-15,22-24,31-33,40-42,49-51,56,59-113H2,1-3H3,(H,125,126)(H,127,128)/b10-7-,11-8-,12-9-,19-16-,20-17-,21-18-,28-25-,29-26-,30-27-,37-34-,38-35-,39-36-,46-43-,47-44-,48-45-,55-52-,57-53-,58-54-. The Bertz CT molecular complexity index is 3380. The van der Waals surface area contributed by atoms with Crippen molar-refractivity contribution in [3.8, 4) is 0 Å². The zero-order chi connectivity index (χ0) is 99.2. The van der Waals surface area contributed by atoms with Crippen LogP contribution in [0.5, 0.6) is 0 Å². The number of ether oxygens (including phenoxy) is 3. The van der Waals surface area contributed by atoms with Gasteiger partial charge in [0.1, 0.15) is 25.4 Å². The molecule has 5 atom stereocenters. The van der Waals surface area contributed by atoms with E-state index in [4.69, 9.17) is 32.3 Å². The highest BCUT2D eigenvalue weighted by atomic mass is 31.2.